The summed E-state index contributed by atoms with van der Waals surface area (Å²) < 4.78 is 10.3. The molecule has 0 heterocycles. The molecule has 21 heavy (non-hydrogen) atoms. The second-order valence-electron chi connectivity index (χ2n) is 4.23. The van der Waals surface area contributed by atoms with Crippen LogP contribution in [0.4, 0.5) is 11.4 Å². The zero-order valence-corrected chi connectivity index (χ0v) is 12.4. The van der Waals surface area contributed by atoms with Gasteiger partial charge in [-0.3, -0.25) is 4.79 Å². The number of hydrogen-bond donors (Lipinski definition) is 2. The minimum atomic E-state index is -0.348. The minimum absolute atomic E-state index is 0.348. The summed E-state index contributed by atoms with van der Waals surface area (Å²) in [5.74, 6) is 0.617. The molecular formula is C15H15ClN2O3. The van der Waals surface area contributed by atoms with Crippen molar-refractivity contribution in [3.05, 3.63) is 47.0 Å². The van der Waals surface area contributed by atoms with E-state index in [0.29, 0.717) is 33.5 Å². The number of halogens is 1. The monoisotopic (exact) mass is 306 g/mol. The number of nitrogens with one attached hydrogen (secondary N) is 1. The summed E-state index contributed by atoms with van der Waals surface area (Å²) in [6.07, 6.45) is 0. The average molecular weight is 307 g/mol. The Bertz CT molecular complexity index is 674. The lowest BCUT2D eigenvalue weighted by Gasteiger charge is -2.13. The van der Waals surface area contributed by atoms with E-state index in [1.54, 1.807) is 36.4 Å². The highest BCUT2D eigenvalue weighted by Crippen LogP contribution is 2.35. The van der Waals surface area contributed by atoms with Gasteiger partial charge in [0.2, 0.25) is 0 Å². The van der Waals surface area contributed by atoms with E-state index < -0.39 is 0 Å². The summed E-state index contributed by atoms with van der Waals surface area (Å²) in [5, 5.41) is 3.08. The van der Waals surface area contributed by atoms with Gasteiger partial charge in [-0.05, 0) is 12.1 Å². The highest BCUT2D eigenvalue weighted by atomic mass is 35.5. The fourth-order valence-corrected chi connectivity index (χ4v) is 2.06. The van der Waals surface area contributed by atoms with Crippen molar-refractivity contribution in [1.29, 1.82) is 0 Å². The summed E-state index contributed by atoms with van der Waals surface area (Å²) in [6.45, 7) is 0. The summed E-state index contributed by atoms with van der Waals surface area (Å²) in [6, 6.07) is 9.95. The van der Waals surface area contributed by atoms with Crippen molar-refractivity contribution in [3.8, 4) is 11.5 Å². The number of hydrogen-bond acceptors (Lipinski definition) is 4. The fourth-order valence-electron chi connectivity index (χ4n) is 1.84. The van der Waals surface area contributed by atoms with Crippen LogP contribution in [0.1, 0.15) is 10.4 Å². The van der Waals surface area contributed by atoms with E-state index in [1.165, 1.54) is 14.2 Å². The molecule has 5 nitrogen and oxygen atoms in total. The quantitative estimate of drug-likeness (QED) is 0.851. The number of ether oxygens (including phenoxy) is 2. The minimum Gasteiger partial charge on any atom is -0.493 e. The smallest absolute Gasteiger partial charge is 0.257 e. The molecule has 0 atom stereocenters. The van der Waals surface area contributed by atoms with Crippen LogP contribution in [0.15, 0.2) is 36.4 Å². The predicted molar refractivity (Wildman–Crippen MR) is 83.4 cm³/mol. The molecule has 0 radical (unpaired) electrons. The van der Waals surface area contributed by atoms with Crippen molar-refractivity contribution in [2.75, 3.05) is 25.3 Å². The maximum atomic E-state index is 12.2. The van der Waals surface area contributed by atoms with Crippen molar-refractivity contribution in [2.45, 2.75) is 0 Å². The third kappa shape index (κ3) is 3.20. The van der Waals surface area contributed by atoms with Gasteiger partial charge >= 0.3 is 0 Å². The van der Waals surface area contributed by atoms with Gasteiger partial charge in [0.15, 0.2) is 11.5 Å². The lowest BCUT2D eigenvalue weighted by Crippen LogP contribution is -2.14. The highest BCUT2D eigenvalue weighted by molar-refractivity contribution is 6.34. The van der Waals surface area contributed by atoms with Crippen LogP contribution in [-0.2, 0) is 0 Å². The van der Waals surface area contributed by atoms with Crippen molar-refractivity contribution in [2.24, 2.45) is 0 Å². The SMILES string of the molecule is COc1cc(N)c(NC(=O)c2ccccc2Cl)cc1OC. The second kappa shape index (κ2) is 6.37. The molecule has 0 spiro atoms. The number of anilines is 2. The molecule has 0 bridgehead atoms. The number of carbonyl (C=O) groups excluding carboxylic acids is 1. The van der Waals surface area contributed by atoms with E-state index in [-0.39, 0.29) is 5.91 Å². The zero-order valence-electron chi connectivity index (χ0n) is 11.6. The first-order chi connectivity index (χ1) is 10.1. The van der Waals surface area contributed by atoms with Gasteiger partial charge in [-0.15, -0.1) is 0 Å². The van der Waals surface area contributed by atoms with Gasteiger partial charge in [0, 0.05) is 12.1 Å². The molecule has 0 saturated carbocycles. The molecule has 0 saturated heterocycles. The Morgan fingerprint density at radius 3 is 2.38 bits per heavy atom. The van der Waals surface area contributed by atoms with Gasteiger partial charge in [0.25, 0.3) is 5.91 Å². The summed E-state index contributed by atoms with van der Waals surface area (Å²) in [4.78, 5) is 12.2. The number of benzene rings is 2. The molecule has 0 aromatic heterocycles. The van der Waals surface area contributed by atoms with Crippen LogP contribution in [0.5, 0.6) is 11.5 Å². The van der Waals surface area contributed by atoms with E-state index in [9.17, 15) is 4.79 Å². The van der Waals surface area contributed by atoms with Gasteiger partial charge in [0.05, 0.1) is 36.2 Å². The van der Waals surface area contributed by atoms with Crippen molar-refractivity contribution >= 4 is 28.9 Å². The van der Waals surface area contributed by atoms with Gasteiger partial charge in [-0.25, -0.2) is 0 Å². The lowest BCUT2D eigenvalue weighted by molar-refractivity contribution is 0.102. The number of methoxy groups -OCH3 is 2. The van der Waals surface area contributed by atoms with Gasteiger partial charge in [-0.1, -0.05) is 23.7 Å². The molecule has 110 valence electrons. The maximum Gasteiger partial charge on any atom is 0.257 e. The molecule has 0 aliphatic rings. The predicted octanol–water partition coefficient (Wildman–Crippen LogP) is 3.19. The fraction of sp³-hybridized carbons (Fsp3) is 0.133. The standard InChI is InChI=1S/C15H15ClN2O3/c1-20-13-7-11(17)12(8-14(13)21-2)18-15(19)9-5-3-4-6-10(9)16/h3-8H,17H2,1-2H3,(H,18,19). The molecule has 0 unspecified atom stereocenters. The number of nitrogen functional groups attached to an aromatic ring is 1. The largest absolute Gasteiger partial charge is 0.493 e. The van der Waals surface area contributed by atoms with Crippen LogP contribution in [0.2, 0.25) is 5.02 Å². The lowest BCUT2D eigenvalue weighted by atomic mass is 10.2. The molecule has 6 heteroatoms. The van der Waals surface area contributed by atoms with Crippen LogP contribution in [-0.4, -0.2) is 20.1 Å². The first kappa shape index (κ1) is 15.0. The molecule has 2 rings (SSSR count). The molecule has 0 aliphatic carbocycles. The van der Waals surface area contributed by atoms with E-state index in [1.807, 2.05) is 0 Å². The molecule has 2 aromatic rings. The Hall–Kier alpha value is -2.40. The number of nitrogens with two attached hydrogens (primary N) is 1. The first-order valence-corrected chi connectivity index (χ1v) is 6.52. The number of amides is 1. The van der Waals surface area contributed by atoms with E-state index in [2.05, 4.69) is 5.32 Å². The second-order valence-corrected chi connectivity index (χ2v) is 4.64. The first-order valence-electron chi connectivity index (χ1n) is 6.14. The maximum absolute atomic E-state index is 12.2. The number of carbonyl (C=O) groups is 1. The molecule has 0 fully saturated rings. The van der Waals surface area contributed by atoms with Gasteiger partial charge < -0.3 is 20.5 Å². The zero-order chi connectivity index (χ0) is 15.4. The molecule has 0 aliphatic heterocycles. The van der Waals surface area contributed by atoms with Crippen molar-refractivity contribution < 1.29 is 14.3 Å². The van der Waals surface area contributed by atoms with E-state index in [0.717, 1.165) is 0 Å². The van der Waals surface area contributed by atoms with Crippen LogP contribution >= 0.6 is 11.6 Å². The van der Waals surface area contributed by atoms with Gasteiger partial charge in [-0.2, -0.15) is 0 Å². The Kier molecular flexibility index (Phi) is 4.55. The van der Waals surface area contributed by atoms with Crippen LogP contribution < -0.4 is 20.5 Å². The molecular weight excluding hydrogens is 292 g/mol. The van der Waals surface area contributed by atoms with Gasteiger partial charge in [0.1, 0.15) is 0 Å². The summed E-state index contributed by atoms with van der Waals surface area (Å²) >= 11 is 5.99. The normalized spacial score (nSPS) is 10.0. The van der Waals surface area contributed by atoms with Crippen LogP contribution in [0, 0.1) is 0 Å². The summed E-state index contributed by atoms with van der Waals surface area (Å²) in [7, 11) is 3.02. The highest BCUT2D eigenvalue weighted by Gasteiger charge is 2.14. The number of rotatable bonds is 4. The van der Waals surface area contributed by atoms with Crippen LogP contribution in [0.25, 0.3) is 0 Å². The Balaban J connectivity index is 2.31. The molecule has 2 aromatic carbocycles. The van der Waals surface area contributed by atoms with E-state index in [4.69, 9.17) is 26.8 Å². The van der Waals surface area contributed by atoms with E-state index >= 15 is 0 Å². The topological polar surface area (TPSA) is 73.6 Å². The van der Waals surface area contributed by atoms with Crippen LogP contribution in [0.3, 0.4) is 0 Å². The Morgan fingerprint density at radius 2 is 1.76 bits per heavy atom. The molecule has 3 N–H and O–H groups in total. The van der Waals surface area contributed by atoms with Crippen molar-refractivity contribution in [3.63, 3.8) is 0 Å². The third-order valence-corrected chi connectivity index (χ3v) is 3.25. The summed E-state index contributed by atoms with van der Waals surface area (Å²) in [5.41, 5.74) is 7.07. The molecule has 1 amide bonds. The Morgan fingerprint density at radius 1 is 1.14 bits per heavy atom. The third-order valence-electron chi connectivity index (χ3n) is 2.92. The average Bonchev–Trinajstić information content (AvgIpc) is 2.49. The Labute approximate surface area is 127 Å². The van der Waals surface area contributed by atoms with Crippen molar-refractivity contribution in [1.82, 2.24) is 0 Å².